The Bertz CT molecular complexity index is 643. The molecule has 2 aromatic rings. The number of carbonyl (C=O) groups is 2. The molecule has 6 nitrogen and oxygen atoms in total. The first kappa shape index (κ1) is 15.7. The van der Waals surface area contributed by atoms with E-state index in [1.807, 2.05) is 0 Å². The Balaban J connectivity index is 1.74. The molecular formula is C15H15FN2O4. The zero-order valence-corrected chi connectivity index (χ0v) is 11.6. The normalized spacial score (nSPS) is 11.7. The van der Waals surface area contributed by atoms with E-state index in [0.29, 0.717) is 5.76 Å². The van der Waals surface area contributed by atoms with Crippen molar-refractivity contribution in [3.05, 3.63) is 59.8 Å². The molecule has 0 spiro atoms. The molecule has 0 saturated heterocycles. The summed E-state index contributed by atoms with van der Waals surface area (Å²) in [6.07, 6.45) is 0.456. The van der Waals surface area contributed by atoms with E-state index in [2.05, 4.69) is 10.6 Å². The van der Waals surface area contributed by atoms with Crippen LogP contribution in [0.3, 0.4) is 0 Å². The maximum Gasteiger partial charge on any atom is 0.251 e. The molecule has 116 valence electrons. The van der Waals surface area contributed by atoms with Crippen molar-refractivity contribution in [2.24, 2.45) is 0 Å². The molecule has 0 fully saturated rings. The SMILES string of the molecule is O=C(CNC(=O)c1cccc(F)c1)NCC(O)c1ccco1. The first-order valence-electron chi connectivity index (χ1n) is 6.58. The molecule has 1 aromatic carbocycles. The maximum absolute atomic E-state index is 13.0. The summed E-state index contributed by atoms with van der Waals surface area (Å²) >= 11 is 0. The first-order valence-corrected chi connectivity index (χ1v) is 6.58. The second kappa shape index (κ2) is 7.37. The summed E-state index contributed by atoms with van der Waals surface area (Å²) in [4.78, 5) is 23.3. The topological polar surface area (TPSA) is 91.6 Å². The fraction of sp³-hybridized carbons (Fsp3) is 0.200. The van der Waals surface area contributed by atoms with E-state index in [1.165, 1.54) is 24.5 Å². The van der Waals surface area contributed by atoms with Gasteiger partial charge in [0.25, 0.3) is 5.91 Å². The maximum atomic E-state index is 13.0. The lowest BCUT2D eigenvalue weighted by atomic mass is 10.2. The molecule has 1 unspecified atom stereocenters. The number of amides is 2. The number of hydrogen-bond donors (Lipinski definition) is 3. The molecule has 2 amide bonds. The summed E-state index contributed by atoms with van der Waals surface area (Å²) < 4.78 is 18.0. The average Bonchev–Trinajstić information content (AvgIpc) is 3.04. The lowest BCUT2D eigenvalue weighted by Crippen LogP contribution is -2.38. The lowest BCUT2D eigenvalue weighted by molar-refractivity contribution is -0.120. The van der Waals surface area contributed by atoms with Gasteiger partial charge < -0.3 is 20.2 Å². The molecule has 1 aromatic heterocycles. The number of hydrogen-bond acceptors (Lipinski definition) is 4. The largest absolute Gasteiger partial charge is 0.467 e. The monoisotopic (exact) mass is 306 g/mol. The van der Waals surface area contributed by atoms with Crippen LogP contribution in [-0.2, 0) is 4.79 Å². The highest BCUT2D eigenvalue weighted by Crippen LogP contribution is 2.11. The van der Waals surface area contributed by atoms with E-state index >= 15 is 0 Å². The van der Waals surface area contributed by atoms with Gasteiger partial charge in [-0.25, -0.2) is 4.39 Å². The summed E-state index contributed by atoms with van der Waals surface area (Å²) in [7, 11) is 0. The van der Waals surface area contributed by atoms with Gasteiger partial charge in [0.1, 0.15) is 17.7 Å². The molecule has 22 heavy (non-hydrogen) atoms. The molecule has 7 heteroatoms. The molecule has 0 radical (unpaired) electrons. The molecule has 0 aliphatic heterocycles. The number of rotatable bonds is 6. The van der Waals surface area contributed by atoms with Crippen LogP contribution in [-0.4, -0.2) is 30.0 Å². The lowest BCUT2D eigenvalue weighted by Gasteiger charge is -2.10. The average molecular weight is 306 g/mol. The van der Waals surface area contributed by atoms with Crippen molar-refractivity contribution in [1.29, 1.82) is 0 Å². The van der Waals surface area contributed by atoms with E-state index in [0.717, 1.165) is 6.07 Å². The van der Waals surface area contributed by atoms with Crippen LogP contribution in [0.1, 0.15) is 22.2 Å². The summed E-state index contributed by atoms with van der Waals surface area (Å²) in [6, 6.07) is 8.36. The van der Waals surface area contributed by atoms with Crippen LogP contribution in [0, 0.1) is 5.82 Å². The number of benzene rings is 1. The zero-order chi connectivity index (χ0) is 15.9. The van der Waals surface area contributed by atoms with Gasteiger partial charge in [0.15, 0.2) is 0 Å². The quantitative estimate of drug-likeness (QED) is 0.742. The standard InChI is InChI=1S/C15H15FN2O4/c16-11-4-1-3-10(7-11)15(21)18-9-14(20)17-8-12(19)13-5-2-6-22-13/h1-7,12,19H,8-9H2,(H,17,20)(H,18,21). The smallest absolute Gasteiger partial charge is 0.251 e. The highest BCUT2D eigenvalue weighted by molar-refractivity contribution is 5.96. The highest BCUT2D eigenvalue weighted by atomic mass is 19.1. The Morgan fingerprint density at radius 3 is 2.73 bits per heavy atom. The number of aliphatic hydroxyl groups excluding tert-OH is 1. The second-order valence-corrected chi connectivity index (χ2v) is 4.53. The molecule has 2 rings (SSSR count). The van der Waals surface area contributed by atoms with Crippen LogP contribution in [0.2, 0.25) is 0 Å². The Hall–Kier alpha value is -2.67. The second-order valence-electron chi connectivity index (χ2n) is 4.53. The fourth-order valence-electron chi connectivity index (χ4n) is 1.75. The van der Waals surface area contributed by atoms with Crippen molar-refractivity contribution in [1.82, 2.24) is 10.6 Å². The van der Waals surface area contributed by atoms with Gasteiger partial charge in [0.05, 0.1) is 19.4 Å². The van der Waals surface area contributed by atoms with E-state index in [9.17, 15) is 19.1 Å². The number of carbonyl (C=O) groups excluding carboxylic acids is 2. The number of aliphatic hydroxyl groups is 1. The zero-order valence-electron chi connectivity index (χ0n) is 11.6. The predicted octanol–water partition coefficient (Wildman–Crippen LogP) is 0.998. The van der Waals surface area contributed by atoms with Crippen LogP contribution in [0.5, 0.6) is 0 Å². The van der Waals surface area contributed by atoms with Crippen LogP contribution < -0.4 is 10.6 Å². The van der Waals surface area contributed by atoms with Gasteiger partial charge in [-0.2, -0.15) is 0 Å². The molecule has 3 N–H and O–H groups in total. The molecular weight excluding hydrogens is 291 g/mol. The van der Waals surface area contributed by atoms with Gasteiger partial charge in [-0.05, 0) is 30.3 Å². The molecule has 0 aliphatic carbocycles. The first-order chi connectivity index (χ1) is 10.6. The van der Waals surface area contributed by atoms with Gasteiger partial charge in [0.2, 0.25) is 5.91 Å². The number of halogens is 1. The van der Waals surface area contributed by atoms with Gasteiger partial charge in [-0.15, -0.1) is 0 Å². The van der Waals surface area contributed by atoms with E-state index in [4.69, 9.17) is 4.42 Å². The van der Waals surface area contributed by atoms with E-state index in [1.54, 1.807) is 12.1 Å². The van der Waals surface area contributed by atoms with Crippen molar-refractivity contribution < 1.29 is 23.5 Å². The van der Waals surface area contributed by atoms with Crippen LogP contribution in [0.15, 0.2) is 47.1 Å². The third-order valence-corrected chi connectivity index (χ3v) is 2.86. The summed E-state index contributed by atoms with van der Waals surface area (Å²) in [5.41, 5.74) is 0.128. The number of nitrogens with one attached hydrogen (secondary N) is 2. The summed E-state index contributed by atoms with van der Waals surface area (Å²) in [5, 5.41) is 14.5. The van der Waals surface area contributed by atoms with Gasteiger partial charge in [0, 0.05) is 5.56 Å². The minimum Gasteiger partial charge on any atom is -0.467 e. The van der Waals surface area contributed by atoms with Crippen molar-refractivity contribution in [2.45, 2.75) is 6.10 Å². The van der Waals surface area contributed by atoms with E-state index in [-0.39, 0.29) is 18.7 Å². The Morgan fingerprint density at radius 2 is 2.05 bits per heavy atom. The predicted molar refractivity (Wildman–Crippen MR) is 75.4 cm³/mol. The summed E-state index contributed by atoms with van der Waals surface area (Å²) in [5.74, 6) is -1.22. The molecule has 1 atom stereocenters. The van der Waals surface area contributed by atoms with Crippen molar-refractivity contribution in [2.75, 3.05) is 13.1 Å². The molecule has 0 saturated carbocycles. The van der Waals surface area contributed by atoms with Crippen molar-refractivity contribution in [3.63, 3.8) is 0 Å². The van der Waals surface area contributed by atoms with Gasteiger partial charge in [-0.1, -0.05) is 6.07 Å². The minimum absolute atomic E-state index is 0.0395. The Labute approximate surface area is 125 Å². The Kier molecular flexibility index (Phi) is 5.26. The molecule has 0 aliphatic rings. The molecule has 0 bridgehead atoms. The Morgan fingerprint density at radius 1 is 1.23 bits per heavy atom. The van der Waals surface area contributed by atoms with E-state index < -0.39 is 23.7 Å². The minimum atomic E-state index is -0.960. The van der Waals surface area contributed by atoms with Crippen LogP contribution in [0.25, 0.3) is 0 Å². The fourth-order valence-corrected chi connectivity index (χ4v) is 1.75. The highest BCUT2D eigenvalue weighted by Gasteiger charge is 2.13. The molecule has 1 heterocycles. The summed E-state index contributed by atoms with van der Waals surface area (Å²) in [6.45, 7) is -0.317. The van der Waals surface area contributed by atoms with Gasteiger partial charge >= 0.3 is 0 Å². The van der Waals surface area contributed by atoms with Crippen molar-refractivity contribution >= 4 is 11.8 Å². The van der Waals surface area contributed by atoms with Crippen LogP contribution in [0.4, 0.5) is 4.39 Å². The van der Waals surface area contributed by atoms with Crippen molar-refractivity contribution in [3.8, 4) is 0 Å². The van der Waals surface area contributed by atoms with Gasteiger partial charge in [-0.3, -0.25) is 9.59 Å². The third-order valence-electron chi connectivity index (χ3n) is 2.86. The third kappa shape index (κ3) is 4.42. The van der Waals surface area contributed by atoms with Crippen LogP contribution >= 0.6 is 0 Å². The number of furan rings is 1.